The lowest BCUT2D eigenvalue weighted by Crippen LogP contribution is -1.96. The van der Waals surface area contributed by atoms with Crippen molar-refractivity contribution in [2.45, 2.75) is 0 Å². The zero-order valence-corrected chi connectivity index (χ0v) is 10.7. The van der Waals surface area contributed by atoms with Crippen LogP contribution < -0.4 is 0 Å². The minimum Gasteiger partial charge on any atom is -0.298 e. The molecule has 0 amide bonds. The van der Waals surface area contributed by atoms with Crippen molar-refractivity contribution in [3.8, 4) is 16.9 Å². The molecule has 0 fully saturated rings. The highest BCUT2D eigenvalue weighted by Crippen LogP contribution is 2.27. The molecule has 4 nitrogen and oxygen atoms in total. The topological polar surface area (TPSA) is 47.8 Å². The number of aromatic nitrogens is 3. The van der Waals surface area contributed by atoms with Crippen LogP contribution in [0.5, 0.6) is 0 Å². The third kappa shape index (κ3) is 2.31. The molecule has 0 bridgehead atoms. The monoisotopic (exact) mass is 285 g/mol. The average molecular weight is 285 g/mol. The number of hydrogen-bond acceptors (Lipinski definition) is 3. The summed E-state index contributed by atoms with van der Waals surface area (Å²) in [7, 11) is 0. The van der Waals surface area contributed by atoms with Gasteiger partial charge in [-0.25, -0.2) is 13.5 Å². The molecule has 0 aliphatic heterocycles. The molecule has 21 heavy (non-hydrogen) atoms. The summed E-state index contributed by atoms with van der Waals surface area (Å²) in [6.07, 6.45) is 5.05. The highest BCUT2D eigenvalue weighted by molar-refractivity contribution is 5.85. The van der Waals surface area contributed by atoms with Crippen LogP contribution in [0, 0.1) is 11.6 Å². The zero-order valence-electron chi connectivity index (χ0n) is 10.7. The van der Waals surface area contributed by atoms with Gasteiger partial charge in [-0.15, -0.1) is 0 Å². The fraction of sp³-hybridized carbons (Fsp3) is 0. The van der Waals surface area contributed by atoms with Crippen LogP contribution in [0.4, 0.5) is 8.78 Å². The van der Waals surface area contributed by atoms with Crippen LogP contribution in [0.2, 0.25) is 0 Å². The standard InChI is InChI=1S/C15H9F2N3O/c16-12-2-1-3-13(17)14(12)15-10(9-21)8-20(19-15)11-4-6-18-7-5-11/h1-9H. The van der Waals surface area contributed by atoms with Gasteiger partial charge in [0.1, 0.15) is 17.3 Å². The van der Waals surface area contributed by atoms with Gasteiger partial charge in [-0.2, -0.15) is 5.10 Å². The third-order valence-corrected chi connectivity index (χ3v) is 3.00. The molecule has 0 N–H and O–H groups in total. The number of aldehydes is 1. The van der Waals surface area contributed by atoms with E-state index in [-0.39, 0.29) is 16.8 Å². The van der Waals surface area contributed by atoms with Crippen LogP contribution in [-0.4, -0.2) is 21.1 Å². The van der Waals surface area contributed by atoms with Crippen molar-refractivity contribution in [2.24, 2.45) is 0 Å². The van der Waals surface area contributed by atoms with E-state index >= 15 is 0 Å². The molecule has 0 saturated heterocycles. The summed E-state index contributed by atoms with van der Waals surface area (Å²) in [5.41, 5.74) is 0.400. The number of halogens is 2. The Kier molecular flexibility index (Phi) is 3.27. The van der Waals surface area contributed by atoms with E-state index in [4.69, 9.17) is 0 Å². The maximum atomic E-state index is 13.8. The predicted molar refractivity (Wildman–Crippen MR) is 72.1 cm³/mol. The lowest BCUT2D eigenvalue weighted by atomic mass is 10.1. The van der Waals surface area contributed by atoms with E-state index in [0.717, 1.165) is 12.1 Å². The number of rotatable bonds is 3. The molecule has 0 unspecified atom stereocenters. The first-order chi connectivity index (χ1) is 10.2. The van der Waals surface area contributed by atoms with Crippen molar-refractivity contribution in [3.05, 3.63) is 66.1 Å². The van der Waals surface area contributed by atoms with Gasteiger partial charge in [-0.05, 0) is 24.3 Å². The van der Waals surface area contributed by atoms with Crippen molar-refractivity contribution in [1.29, 1.82) is 0 Å². The summed E-state index contributed by atoms with van der Waals surface area (Å²) in [5, 5.41) is 4.12. The SMILES string of the molecule is O=Cc1cn(-c2ccncc2)nc1-c1c(F)cccc1F. The van der Waals surface area contributed by atoms with Crippen LogP contribution in [0.25, 0.3) is 16.9 Å². The normalized spacial score (nSPS) is 10.6. The molecular formula is C15H9F2N3O. The first-order valence-electron chi connectivity index (χ1n) is 6.10. The Balaban J connectivity index is 2.20. The Morgan fingerprint density at radius 1 is 1.05 bits per heavy atom. The van der Waals surface area contributed by atoms with E-state index in [1.807, 2.05) is 0 Å². The molecule has 3 rings (SSSR count). The summed E-state index contributed by atoms with van der Waals surface area (Å²) in [4.78, 5) is 15.0. The molecule has 0 aliphatic carbocycles. The molecule has 2 heterocycles. The van der Waals surface area contributed by atoms with Gasteiger partial charge in [0.05, 0.1) is 16.8 Å². The smallest absolute Gasteiger partial charge is 0.153 e. The second kappa shape index (κ2) is 5.24. The van der Waals surface area contributed by atoms with Gasteiger partial charge in [0, 0.05) is 18.6 Å². The third-order valence-electron chi connectivity index (χ3n) is 3.00. The van der Waals surface area contributed by atoms with Gasteiger partial charge in [0.15, 0.2) is 6.29 Å². The minimum atomic E-state index is -0.766. The minimum absolute atomic E-state index is 0.0302. The quantitative estimate of drug-likeness (QED) is 0.695. The van der Waals surface area contributed by atoms with Crippen LogP contribution in [-0.2, 0) is 0 Å². The van der Waals surface area contributed by atoms with Crippen molar-refractivity contribution < 1.29 is 13.6 Å². The number of nitrogens with zero attached hydrogens (tertiary/aromatic N) is 3. The Hall–Kier alpha value is -2.89. The molecule has 0 saturated carbocycles. The molecule has 6 heteroatoms. The van der Waals surface area contributed by atoms with E-state index in [0.29, 0.717) is 12.0 Å². The van der Waals surface area contributed by atoms with Gasteiger partial charge in [0.2, 0.25) is 0 Å². The van der Waals surface area contributed by atoms with E-state index < -0.39 is 11.6 Å². The van der Waals surface area contributed by atoms with Crippen LogP contribution in [0.1, 0.15) is 10.4 Å². The van der Waals surface area contributed by atoms with E-state index in [2.05, 4.69) is 10.1 Å². The van der Waals surface area contributed by atoms with Crippen molar-refractivity contribution in [3.63, 3.8) is 0 Å². The molecule has 104 valence electrons. The largest absolute Gasteiger partial charge is 0.298 e. The molecule has 0 atom stereocenters. The van der Waals surface area contributed by atoms with Crippen molar-refractivity contribution in [2.75, 3.05) is 0 Å². The Bertz CT molecular complexity index is 780. The molecular weight excluding hydrogens is 276 g/mol. The van der Waals surface area contributed by atoms with E-state index in [9.17, 15) is 13.6 Å². The summed E-state index contributed by atoms with van der Waals surface area (Å²) in [6.45, 7) is 0. The fourth-order valence-corrected chi connectivity index (χ4v) is 2.02. The summed E-state index contributed by atoms with van der Waals surface area (Å²) in [5.74, 6) is -1.53. The number of carbonyl (C=O) groups excluding carboxylic acids is 1. The molecule has 2 aromatic heterocycles. The molecule has 0 spiro atoms. The average Bonchev–Trinajstić information content (AvgIpc) is 2.92. The van der Waals surface area contributed by atoms with Gasteiger partial charge >= 0.3 is 0 Å². The Morgan fingerprint density at radius 2 is 1.71 bits per heavy atom. The Labute approximate surface area is 118 Å². The van der Waals surface area contributed by atoms with Gasteiger partial charge < -0.3 is 0 Å². The van der Waals surface area contributed by atoms with Crippen LogP contribution in [0.3, 0.4) is 0 Å². The summed E-state index contributed by atoms with van der Waals surface area (Å²) < 4.78 is 29.1. The number of carbonyl (C=O) groups is 1. The predicted octanol–water partition coefficient (Wildman–Crippen LogP) is 3.03. The molecule has 3 aromatic rings. The highest BCUT2D eigenvalue weighted by atomic mass is 19.1. The van der Waals surface area contributed by atoms with Crippen molar-refractivity contribution in [1.82, 2.24) is 14.8 Å². The molecule has 1 aromatic carbocycles. The van der Waals surface area contributed by atoms with Gasteiger partial charge in [0.25, 0.3) is 0 Å². The van der Waals surface area contributed by atoms with E-state index in [1.165, 1.54) is 16.9 Å². The maximum absolute atomic E-state index is 13.8. The van der Waals surface area contributed by atoms with Gasteiger partial charge in [-0.1, -0.05) is 6.07 Å². The first kappa shape index (κ1) is 13.1. The second-order valence-electron chi connectivity index (χ2n) is 4.30. The lowest BCUT2D eigenvalue weighted by Gasteiger charge is -2.02. The first-order valence-corrected chi connectivity index (χ1v) is 6.10. The number of benzene rings is 1. The van der Waals surface area contributed by atoms with Crippen LogP contribution >= 0.6 is 0 Å². The van der Waals surface area contributed by atoms with Crippen LogP contribution in [0.15, 0.2) is 48.9 Å². The second-order valence-corrected chi connectivity index (χ2v) is 4.30. The maximum Gasteiger partial charge on any atom is 0.153 e. The molecule has 0 radical (unpaired) electrons. The summed E-state index contributed by atoms with van der Waals surface area (Å²) in [6, 6.07) is 6.84. The zero-order chi connectivity index (χ0) is 14.8. The lowest BCUT2D eigenvalue weighted by molar-refractivity contribution is 0.112. The number of hydrogen-bond donors (Lipinski definition) is 0. The molecule has 0 aliphatic rings. The fourth-order valence-electron chi connectivity index (χ4n) is 2.02. The highest BCUT2D eigenvalue weighted by Gasteiger charge is 2.19. The summed E-state index contributed by atoms with van der Waals surface area (Å²) >= 11 is 0. The van der Waals surface area contributed by atoms with E-state index in [1.54, 1.807) is 24.5 Å². The number of pyridine rings is 1. The Morgan fingerprint density at radius 3 is 2.33 bits per heavy atom. The van der Waals surface area contributed by atoms with Gasteiger partial charge in [-0.3, -0.25) is 9.78 Å². The van der Waals surface area contributed by atoms with Crippen molar-refractivity contribution >= 4 is 6.29 Å².